The Kier molecular flexibility index (Phi) is 6.74. The van der Waals surface area contributed by atoms with Crippen LogP contribution in [0.5, 0.6) is 0 Å². The highest BCUT2D eigenvalue weighted by molar-refractivity contribution is 7.20. The first-order chi connectivity index (χ1) is 15.0. The topological polar surface area (TPSA) is 81.5 Å². The van der Waals surface area contributed by atoms with Crippen molar-refractivity contribution in [1.82, 2.24) is 14.5 Å². The van der Waals surface area contributed by atoms with E-state index in [1.54, 1.807) is 11.5 Å². The van der Waals surface area contributed by atoms with Gasteiger partial charge in [-0.1, -0.05) is 25.7 Å². The minimum atomic E-state index is -0.548. The number of thiophene rings is 1. The largest absolute Gasteiger partial charge is 0.451 e. The fraction of sp³-hybridized carbons (Fsp3) is 0.652. The SMILES string of the molecule is CCN(C(=O)COC(=O)c1sc2nc3n(c(=O)c2c1C)CCCCC3)C1CCCCC1. The summed E-state index contributed by atoms with van der Waals surface area (Å²) in [6.45, 7) is 4.77. The molecule has 0 aromatic carbocycles. The van der Waals surface area contributed by atoms with Crippen LogP contribution in [0.4, 0.5) is 0 Å². The molecule has 2 aliphatic rings. The number of carbonyl (C=O) groups excluding carboxylic acids is 2. The maximum atomic E-state index is 13.1. The Balaban J connectivity index is 1.51. The van der Waals surface area contributed by atoms with Gasteiger partial charge in [-0.05, 0) is 45.1 Å². The monoisotopic (exact) mass is 445 g/mol. The first kappa shape index (κ1) is 22.0. The van der Waals surface area contributed by atoms with Crippen molar-refractivity contribution in [3.63, 3.8) is 0 Å². The molecule has 1 aliphatic heterocycles. The first-order valence-corrected chi connectivity index (χ1v) is 12.3. The van der Waals surface area contributed by atoms with Gasteiger partial charge in [0.2, 0.25) is 0 Å². The lowest BCUT2D eigenvalue weighted by molar-refractivity contribution is -0.137. The van der Waals surface area contributed by atoms with Crippen LogP contribution in [0.1, 0.15) is 79.3 Å². The standard InChI is InChI=1S/C23H31N3O4S/c1-3-25(16-10-6-4-7-11-16)18(27)14-30-23(29)20-15(2)19-21(31-20)24-17-12-8-5-9-13-26(17)22(19)28/h16H,3-14H2,1-2H3. The lowest BCUT2D eigenvalue weighted by atomic mass is 9.94. The fourth-order valence-corrected chi connectivity index (χ4v) is 6.00. The summed E-state index contributed by atoms with van der Waals surface area (Å²) in [6.07, 6.45) is 9.40. The molecule has 3 heterocycles. The number of esters is 1. The van der Waals surface area contributed by atoms with Gasteiger partial charge in [-0.2, -0.15) is 0 Å². The molecular weight excluding hydrogens is 414 g/mol. The van der Waals surface area contributed by atoms with Crippen molar-refractivity contribution in [2.24, 2.45) is 0 Å². The first-order valence-electron chi connectivity index (χ1n) is 11.5. The highest BCUT2D eigenvalue weighted by Crippen LogP contribution is 2.29. The van der Waals surface area contributed by atoms with E-state index in [1.165, 1.54) is 17.8 Å². The smallest absolute Gasteiger partial charge is 0.349 e. The molecule has 0 saturated heterocycles. The summed E-state index contributed by atoms with van der Waals surface area (Å²) in [5.41, 5.74) is 0.536. The Bertz CT molecular complexity index is 1040. The van der Waals surface area contributed by atoms with Crippen LogP contribution in [-0.2, 0) is 22.5 Å². The second-order valence-corrected chi connectivity index (χ2v) is 9.58. The Hall–Kier alpha value is -2.22. The van der Waals surface area contributed by atoms with Crippen LogP contribution in [0.15, 0.2) is 4.79 Å². The molecule has 1 aliphatic carbocycles. The van der Waals surface area contributed by atoms with Gasteiger partial charge in [0.15, 0.2) is 6.61 Å². The number of hydrogen-bond donors (Lipinski definition) is 0. The molecule has 7 nitrogen and oxygen atoms in total. The van der Waals surface area contributed by atoms with E-state index < -0.39 is 5.97 Å². The van der Waals surface area contributed by atoms with Gasteiger partial charge in [0.1, 0.15) is 15.5 Å². The average molecular weight is 446 g/mol. The van der Waals surface area contributed by atoms with Crippen molar-refractivity contribution in [3.05, 3.63) is 26.6 Å². The van der Waals surface area contributed by atoms with Crippen LogP contribution in [0.2, 0.25) is 0 Å². The minimum Gasteiger partial charge on any atom is -0.451 e. The van der Waals surface area contributed by atoms with Crippen molar-refractivity contribution in [2.75, 3.05) is 13.2 Å². The minimum absolute atomic E-state index is 0.0692. The van der Waals surface area contributed by atoms with E-state index >= 15 is 0 Å². The third-order valence-corrected chi connectivity index (χ3v) is 7.77. The number of aryl methyl sites for hydroxylation is 2. The molecule has 4 rings (SSSR count). The molecule has 31 heavy (non-hydrogen) atoms. The number of ether oxygens (including phenoxy) is 1. The van der Waals surface area contributed by atoms with Gasteiger partial charge in [0.05, 0.1) is 5.39 Å². The Labute approximate surface area is 186 Å². The predicted molar refractivity (Wildman–Crippen MR) is 121 cm³/mol. The number of nitrogens with zero attached hydrogens (tertiary/aromatic N) is 3. The zero-order chi connectivity index (χ0) is 22.0. The number of carbonyl (C=O) groups is 2. The van der Waals surface area contributed by atoms with Gasteiger partial charge in [-0.3, -0.25) is 14.2 Å². The number of hydrogen-bond acceptors (Lipinski definition) is 6. The molecule has 1 fully saturated rings. The molecule has 1 amide bonds. The average Bonchev–Trinajstić information content (AvgIpc) is 2.94. The molecule has 0 radical (unpaired) electrons. The molecule has 0 N–H and O–H groups in total. The molecule has 0 spiro atoms. The van der Waals surface area contributed by atoms with Gasteiger partial charge in [-0.15, -0.1) is 11.3 Å². The van der Waals surface area contributed by atoms with Crippen LogP contribution in [0.25, 0.3) is 10.2 Å². The van der Waals surface area contributed by atoms with E-state index in [0.717, 1.165) is 57.2 Å². The summed E-state index contributed by atoms with van der Waals surface area (Å²) < 4.78 is 7.16. The molecule has 0 bridgehead atoms. The number of rotatable bonds is 5. The van der Waals surface area contributed by atoms with E-state index in [9.17, 15) is 14.4 Å². The second-order valence-electron chi connectivity index (χ2n) is 8.58. The molecule has 168 valence electrons. The lowest BCUT2D eigenvalue weighted by Crippen LogP contribution is -2.43. The molecular formula is C23H31N3O4S. The number of likely N-dealkylation sites (N-methyl/N-ethyl adjacent to an activating group) is 1. The van der Waals surface area contributed by atoms with Crippen molar-refractivity contribution in [3.8, 4) is 0 Å². The Morgan fingerprint density at radius 2 is 1.90 bits per heavy atom. The van der Waals surface area contributed by atoms with Gasteiger partial charge >= 0.3 is 5.97 Å². The molecule has 0 unspecified atom stereocenters. The van der Waals surface area contributed by atoms with Crippen molar-refractivity contribution < 1.29 is 14.3 Å². The molecule has 0 atom stereocenters. The maximum absolute atomic E-state index is 13.1. The summed E-state index contributed by atoms with van der Waals surface area (Å²) >= 11 is 1.20. The van der Waals surface area contributed by atoms with Crippen molar-refractivity contribution in [2.45, 2.75) is 84.2 Å². The maximum Gasteiger partial charge on any atom is 0.349 e. The summed E-state index contributed by atoms with van der Waals surface area (Å²) in [6, 6.07) is 0.246. The summed E-state index contributed by atoms with van der Waals surface area (Å²) in [4.78, 5) is 46.1. The Morgan fingerprint density at radius 3 is 2.65 bits per heavy atom. The van der Waals surface area contributed by atoms with E-state index in [2.05, 4.69) is 0 Å². The van der Waals surface area contributed by atoms with Crippen molar-refractivity contribution >= 4 is 33.4 Å². The normalized spacial score (nSPS) is 17.2. The fourth-order valence-electron chi connectivity index (χ4n) is 4.91. The number of aromatic nitrogens is 2. The lowest BCUT2D eigenvalue weighted by Gasteiger charge is -2.33. The van der Waals surface area contributed by atoms with Gasteiger partial charge in [0, 0.05) is 25.6 Å². The summed E-state index contributed by atoms with van der Waals surface area (Å²) in [5, 5.41) is 0.506. The molecule has 8 heteroatoms. The van der Waals surface area contributed by atoms with Crippen LogP contribution < -0.4 is 5.56 Å². The van der Waals surface area contributed by atoms with Crippen LogP contribution >= 0.6 is 11.3 Å². The highest BCUT2D eigenvalue weighted by Gasteiger charge is 2.27. The number of amides is 1. The van der Waals surface area contributed by atoms with Crippen LogP contribution in [-0.4, -0.2) is 45.5 Å². The quantitative estimate of drug-likeness (QED) is 0.654. The van der Waals surface area contributed by atoms with Crippen molar-refractivity contribution in [1.29, 1.82) is 0 Å². The van der Waals surface area contributed by atoms with Gasteiger partial charge in [-0.25, -0.2) is 9.78 Å². The summed E-state index contributed by atoms with van der Waals surface area (Å²) in [7, 11) is 0. The highest BCUT2D eigenvalue weighted by atomic mass is 32.1. The van der Waals surface area contributed by atoms with E-state index in [4.69, 9.17) is 9.72 Å². The summed E-state index contributed by atoms with van der Waals surface area (Å²) in [5.74, 6) is 0.108. The third kappa shape index (κ3) is 4.40. The Morgan fingerprint density at radius 1 is 1.16 bits per heavy atom. The second kappa shape index (κ2) is 9.51. The van der Waals surface area contributed by atoms with E-state index in [0.29, 0.717) is 33.7 Å². The van der Waals surface area contributed by atoms with E-state index in [-0.39, 0.29) is 24.1 Å². The van der Waals surface area contributed by atoms with E-state index in [1.807, 2.05) is 11.8 Å². The zero-order valence-electron chi connectivity index (χ0n) is 18.4. The molecule has 2 aromatic rings. The predicted octanol–water partition coefficient (Wildman–Crippen LogP) is 3.83. The van der Waals surface area contributed by atoms with Gasteiger partial charge < -0.3 is 9.64 Å². The van der Waals surface area contributed by atoms with Gasteiger partial charge in [0.25, 0.3) is 11.5 Å². The zero-order valence-corrected chi connectivity index (χ0v) is 19.3. The molecule has 2 aromatic heterocycles. The van der Waals surface area contributed by atoms with Crippen LogP contribution in [0.3, 0.4) is 0 Å². The third-order valence-electron chi connectivity index (χ3n) is 6.60. The number of fused-ring (bicyclic) bond motifs is 2. The van der Waals surface area contributed by atoms with Crippen LogP contribution in [0, 0.1) is 6.92 Å². The molecule has 1 saturated carbocycles.